The second kappa shape index (κ2) is 10.3. The van der Waals surface area contributed by atoms with Crippen molar-refractivity contribution in [3.63, 3.8) is 0 Å². The number of hydrogen-bond acceptors (Lipinski definition) is 7. The first-order valence-electron chi connectivity index (χ1n) is 11.0. The van der Waals surface area contributed by atoms with Crippen LogP contribution in [0.4, 0.5) is 26.3 Å². The molecule has 0 spiro atoms. The molecule has 2 atom stereocenters. The molecule has 0 radical (unpaired) electrons. The highest BCUT2D eigenvalue weighted by Gasteiger charge is 2.52. The lowest BCUT2D eigenvalue weighted by Gasteiger charge is -2.41. The van der Waals surface area contributed by atoms with Crippen molar-refractivity contribution in [3.8, 4) is 11.5 Å². The smallest absolute Gasteiger partial charge is 0.493 e. The van der Waals surface area contributed by atoms with Crippen LogP contribution in [0.1, 0.15) is 28.0 Å². The first kappa shape index (κ1) is 26.9. The van der Waals surface area contributed by atoms with Gasteiger partial charge in [-0.2, -0.15) is 13.2 Å². The fraction of sp³-hybridized carbons (Fsp3) is 0.478. The van der Waals surface area contributed by atoms with Gasteiger partial charge in [-0.3, -0.25) is 14.5 Å². The average Bonchev–Trinajstić information content (AvgIpc) is 3.29. The Balaban J connectivity index is 1.46. The maximum absolute atomic E-state index is 13.2. The molecule has 0 saturated carbocycles. The van der Waals surface area contributed by atoms with Crippen LogP contribution in [0.3, 0.4) is 0 Å². The largest absolute Gasteiger partial charge is 0.522 e. The molecule has 1 aromatic heterocycles. The summed E-state index contributed by atoms with van der Waals surface area (Å²) in [6, 6.07) is 5.99. The zero-order chi connectivity index (χ0) is 26.8. The third-order valence-corrected chi connectivity index (χ3v) is 6.07. The van der Waals surface area contributed by atoms with E-state index in [1.807, 2.05) is 0 Å². The molecule has 37 heavy (non-hydrogen) atoms. The lowest BCUT2D eigenvalue weighted by atomic mass is 9.84. The molecule has 14 heteroatoms. The molecule has 0 N–H and O–H groups in total. The number of fused-ring (bicyclic) bond motifs is 1. The first-order chi connectivity index (χ1) is 17.4. The van der Waals surface area contributed by atoms with Crippen molar-refractivity contribution >= 4 is 5.91 Å². The molecule has 4 rings (SSSR count). The Kier molecular flexibility index (Phi) is 7.53. The quantitative estimate of drug-likeness (QED) is 0.389. The van der Waals surface area contributed by atoms with E-state index in [1.54, 1.807) is 0 Å². The van der Waals surface area contributed by atoms with Gasteiger partial charge in [-0.05, 0) is 30.3 Å². The number of ether oxygens (including phenoxy) is 5. The molecule has 0 unspecified atom stereocenters. The molecule has 2 aliphatic rings. The van der Waals surface area contributed by atoms with Gasteiger partial charge in [-0.25, -0.2) is 0 Å². The van der Waals surface area contributed by atoms with E-state index in [0.29, 0.717) is 0 Å². The van der Waals surface area contributed by atoms with Crippen molar-refractivity contribution in [3.05, 3.63) is 53.3 Å². The fourth-order valence-electron chi connectivity index (χ4n) is 4.28. The number of pyridine rings is 1. The highest BCUT2D eigenvalue weighted by molar-refractivity contribution is 5.95. The average molecular weight is 536 g/mol. The van der Waals surface area contributed by atoms with Gasteiger partial charge in [0, 0.05) is 24.7 Å². The van der Waals surface area contributed by atoms with Gasteiger partial charge in [0.05, 0.1) is 31.5 Å². The van der Waals surface area contributed by atoms with Crippen molar-refractivity contribution < 1.29 is 54.8 Å². The molecule has 3 heterocycles. The van der Waals surface area contributed by atoms with Gasteiger partial charge in [-0.1, -0.05) is 0 Å². The van der Waals surface area contributed by atoms with E-state index in [4.69, 9.17) is 18.9 Å². The molecular formula is C23H22F6N2O6. The number of piperidine rings is 1. The van der Waals surface area contributed by atoms with Crippen LogP contribution in [-0.4, -0.2) is 68.5 Å². The molecule has 8 nitrogen and oxygen atoms in total. The number of carbonyl (C=O) groups excluding carboxylic acids is 1. The predicted molar refractivity (Wildman–Crippen MR) is 113 cm³/mol. The number of hydrogen-bond donors (Lipinski definition) is 0. The Morgan fingerprint density at radius 1 is 1.14 bits per heavy atom. The Bertz CT molecular complexity index is 1130. The second-order valence-electron chi connectivity index (χ2n) is 8.24. The molecule has 1 amide bonds. The van der Waals surface area contributed by atoms with Crippen LogP contribution in [0.2, 0.25) is 0 Å². The number of amides is 1. The Morgan fingerprint density at radius 2 is 1.92 bits per heavy atom. The molecule has 0 aliphatic carbocycles. The Morgan fingerprint density at radius 3 is 2.62 bits per heavy atom. The van der Waals surface area contributed by atoms with E-state index in [2.05, 4.69) is 9.72 Å². The summed E-state index contributed by atoms with van der Waals surface area (Å²) in [5.74, 6) is -0.171. The summed E-state index contributed by atoms with van der Waals surface area (Å²) in [7, 11) is 1.31. The van der Waals surface area contributed by atoms with Crippen molar-refractivity contribution in [1.29, 1.82) is 0 Å². The fourth-order valence-corrected chi connectivity index (χ4v) is 4.28. The Labute approximate surface area is 207 Å². The third-order valence-electron chi connectivity index (χ3n) is 6.07. The van der Waals surface area contributed by atoms with Crippen LogP contribution < -0.4 is 9.47 Å². The van der Waals surface area contributed by atoms with Gasteiger partial charge < -0.3 is 23.8 Å². The van der Waals surface area contributed by atoms with Crippen LogP contribution in [-0.2, 0) is 26.0 Å². The van der Waals surface area contributed by atoms with Gasteiger partial charge in [0.25, 0.3) is 5.91 Å². The minimum atomic E-state index is -4.78. The standard InChI is InChI=1S/C23H22F6N2O6/c1-33-17-10-14(2-3-16(17)34-8-9-36-23(27,28)29)20(32)31-7-5-21(19(12-31)35-13-37-21)18-11-15(4-6-30-18)22(24,25)26/h2-4,6,10-11,19H,5,7-9,12-13H2,1H3/t19-,21-/m1/s1. The summed E-state index contributed by atoms with van der Waals surface area (Å²) in [6.45, 7) is -1.12. The molecule has 2 fully saturated rings. The third kappa shape index (κ3) is 5.91. The normalized spacial score (nSPS) is 22.0. The number of likely N-dealkylation sites (tertiary alicyclic amines) is 1. The molecule has 2 saturated heterocycles. The van der Waals surface area contributed by atoms with Gasteiger partial charge in [0.15, 0.2) is 11.5 Å². The molecule has 2 aliphatic heterocycles. The van der Waals surface area contributed by atoms with Gasteiger partial charge in [0.1, 0.15) is 25.1 Å². The molecule has 202 valence electrons. The van der Waals surface area contributed by atoms with Crippen molar-refractivity contribution in [1.82, 2.24) is 9.88 Å². The van der Waals surface area contributed by atoms with Crippen molar-refractivity contribution in [2.75, 3.05) is 40.2 Å². The molecule has 2 aromatic rings. The first-order valence-corrected chi connectivity index (χ1v) is 11.0. The zero-order valence-electron chi connectivity index (χ0n) is 19.4. The number of benzene rings is 1. The van der Waals surface area contributed by atoms with E-state index in [-0.39, 0.29) is 49.1 Å². The van der Waals surface area contributed by atoms with Crippen LogP contribution in [0.15, 0.2) is 36.5 Å². The van der Waals surface area contributed by atoms with Crippen molar-refractivity contribution in [2.24, 2.45) is 0 Å². The second-order valence-corrected chi connectivity index (χ2v) is 8.24. The van der Waals surface area contributed by atoms with Crippen LogP contribution in [0.5, 0.6) is 11.5 Å². The zero-order valence-corrected chi connectivity index (χ0v) is 19.4. The van der Waals surface area contributed by atoms with Crippen LogP contribution in [0, 0.1) is 0 Å². The maximum atomic E-state index is 13.2. The molecule has 1 aromatic carbocycles. The summed E-state index contributed by atoms with van der Waals surface area (Å²) >= 11 is 0. The lowest BCUT2D eigenvalue weighted by molar-refractivity contribution is -0.325. The summed E-state index contributed by atoms with van der Waals surface area (Å²) < 4.78 is 101. The number of halogens is 6. The highest BCUT2D eigenvalue weighted by Crippen LogP contribution is 2.43. The number of nitrogens with zero attached hydrogens (tertiary/aromatic N) is 2. The highest BCUT2D eigenvalue weighted by atomic mass is 19.4. The van der Waals surface area contributed by atoms with E-state index in [9.17, 15) is 31.1 Å². The number of rotatable bonds is 7. The van der Waals surface area contributed by atoms with Gasteiger partial charge in [-0.15, -0.1) is 13.2 Å². The number of aromatic nitrogens is 1. The maximum Gasteiger partial charge on any atom is 0.522 e. The monoisotopic (exact) mass is 536 g/mol. The van der Waals surface area contributed by atoms with Crippen molar-refractivity contribution in [2.45, 2.75) is 30.7 Å². The van der Waals surface area contributed by atoms with Gasteiger partial charge >= 0.3 is 12.5 Å². The number of methoxy groups -OCH3 is 1. The summed E-state index contributed by atoms with van der Waals surface area (Å²) in [4.78, 5) is 18.8. The topological polar surface area (TPSA) is 79.4 Å². The summed E-state index contributed by atoms with van der Waals surface area (Å²) in [5.41, 5.74) is -1.81. The van der Waals surface area contributed by atoms with Crippen LogP contribution in [0.25, 0.3) is 0 Å². The minimum absolute atomic E-state index is 0.0338. The van der Waals surface area contributed by atoms with E-state index in [1.165, 1.54) is 30.2 Å². The summed E-state index contributed by atoms with van der Waals surface area (Å²) in [5, 5.41) is 0. The number of carbonyl (C=O) groups is 1. The molecular weight excluding hydrogens is 514 g/mol. The van der Waals surface area contributed by atoms with Crippen LogP contribution >= 0.6 is 0 Å². The van der Waals surface area contributed by atoms with E-state index >= 15 is 0 Å². The summed E-state index contributed by atoms with van der Waals surface area (Å²) in [6.07, 6.45) is -8.87. The number of alkyl halides is 6. The van der Waals surface area contributed by atoms with E-state index in [0.717, 1.165) is 18.3 Å². The SMILES string of the molecule is COc1cc(C(=O)N2CC[C@]3(c4cc(C(F)(F)F)ccn4)OCO[C@@H]3C2)ccc1OCCOC(F)(F)F. The van der Waals surface area contributed by atoms with E-state index < -0.39 is 48.9 Å². The van der Waals surface area contributed by atoms with Gasteiger partial charge in [0.2, 0.25) is 0 Å². The molecule has 0 bridgehead atoms. The lowest BCUT2D eigenvalue weighted by Crippen LogP contribution is -2.54. The minimum Gasteiger partial charge on any atom is -0.493 e. The Hall–Kier alpha value is -3.10. The predicted octanol–water partition coefficient (Wildman–Crippen LogP) is 4.14.